The fraction of sp³-hybridized carbons (Fsp3) is 0.143. The zero-order valence-electron chi connectivity index (χ0n) is 21.7. The number of aromatic nitrogens is 2. The quantitative estimate of drug-likeness (QED) is 0.200. The molecule has 0 saturated carbocycles. The molecular weight excluding hydrogens is 514 g/mol. The Bertz CT molecular complexity index is 1520. The topological polar surface area (TPSA) is 133 Å². The summed E-state index contributed by atoms with van der Waals surface area (Å²) in [6, 6.07) is 18.7. The average molecular weight is 540 g/mol. The second-order valence-electron chi connectivity index (χ2n) is 8.69. The lowest BCUT2D eigenvalue weighted by Gasteiger charge is -2.12. The number of ether oxygens (including phenoxy) is 5. The molecule has 0 saturated heterocycles. The second kappa shape index (κ2) is 11.1. The molecule has 3 aromatic carbocycles. The molecule has 3 N–H and O–H groups in total. The summed E-state index contributed by atoms with van der Waals surface area (Å²) < 4.78 is 27.5. The lowest BCUT2D eigenvalue weighted by atomic mass is 10.2. The molecule has 0 unspecified atom stereocenters. The van der Waals surface area contributed by atoms with Crippen LogP contribution in [0.25, 0.3) is 0 Å². The van der Waals surface area contributed by atoms with Crippen molar-refractivity contribution in [2.75, 3.05) is 36.9 Å². The maximum absolute atomic E-state index is 5.55. The number of fused-ring (bicyclic) bond motifs is 2. The Kier molecular flexibility index (Phi) is 6.86. The van der Waals surface area contributed by atoms with Crippen LogP contribution >= 0.6 is 0 Å². The van der Waals surface area contributed by atoms with E-state index in [1.54, 1.807) is 25.6 Å². The molecule has 1 aromatic heterocycles. The highest BCUT2D eigenvalue weighted by Gasteiger charge is 2.17. The van der Waals surface area contributed by atoms with Gasteiger partial charge in [-0.15, -0.1) is 0 Å². The smallest absolute Gasteiger partial charge is 0.231 e. The normalized spacial score (nSPS) is 13.2. The maximum atomic E-state index is 5.55. The summed E-state index contributed by atoms with van der Waals surface area (Å²) in [4.78, 5) is 9.13. The number of para-hydroxylation sites is 2. The van der Waals surface area contributed by atoms with Gasteiger partial charge in [-0.2, -0.15) is 20.2 Å². The van der Waals surface area contributed by atoms with Crippen LogP contribution in [0.2, 0.25) is 0 Å². The zero-order chi connectivity index (χ0) is 27.3. The number of benzene rings is 3. The SMILES string of the molecule is COc1ccc(C)cc1Nc1nc(NN=Cc2cccc3c2OCO3)cc(NN=Cc2cccc3c2OCO3)n1. The van der Waals surface area contributed by atoms with Crippen molar-refractivity contribution in [3.8, 4) is 28.7 Å². The van der Waals surface area contributed by atoms with E-state index in [-0.39, 0.29) is 13.6 Å². The van der Waals surface area contributed by atoms with Gasteiger partial charge in [0.2, 0.25) is 19.5 Å². The average Bonchev–Trinajstić information content (AvgIpc) is 3.64. The van der Waals surface area contributed by atoms with Crippen molar-refractivity contribution in [1.29, 1.82) is 0 Å². The van der Waals surface area contributed by atoms with Gasteiger partial charge >= 0.3 is 0 Å². The van der Waals surface area contributed by atoms with E-state index in [0.717, 1.165) is 16.7 Å². The van der Waals surface area contributed by atoms with Crippen LogP contribution in [0, 0.1) is 6.92 Å². The van der Waals surface area contributed by atoms with E-state index in [1.165, 1.54) is 0 Å². The third kappa shape index (κ3) is 5.36. The van der Waals surface area contributed by atoms with Crippen molar-refractivity contribution in [1.82, 2.24) is 9.97 Å². The molecule has 0 amide bonds. The van der Waals surface area contributed by atoms with Gasteiger partial charge in [-0.25, -0.2) is 0 Å². The monoisotopic (exact) mass is 539 g/mol. The summed E-state index contributed by atoms with van der Waals surface area (Å²) in [5.74, 6) is 4.42. The Morgan fingerprint density at radius 1 is 0.775 bits per heavy atom. The molecule has 0 fully saturated rings. The van der Waals surface area contributed by atoms with Gasteiger partial charge in [0.25, 0.3) is 0 Å². The minimum atomic E-state index is 0.178. The first-order valence-corrected chi connectivity index (χ1v) is 12.3. The Hall–Kier alpha value is -5.52. The van der Waals surface area contributed by atoms with Crippen LogP contribution in [0.4, 0.5) is 23.3 Å². The molecule has 0 radical (unpaired) electrons. The zero-order valence-corrected chi connectivity index (χ0v) is 21.7. The van der Waals surface area contributed by atoms with Crippen LogP contribution in [0.5, 0.6) is 28.7 Å². The molecule has 12 nitrogen and oxygen atoms in total. The summed E-state index contributed by atoms with van der Waals surface area (Å²) >= 11 is 0. The minimum Gasteiger partial charge on any atom is -0.495 e. The number of aryl methyl sites for hydroxylation is 1. The summed E-state index contributed by atoms with van der Waals surface area (Å²) in [5, 5.41) is 11.9. The van der Waals surface area contributed by atoms with Gasteiger partial charge in [0.05, 0.1) is 25.2 Å². The standard InChI is InChI=1S/C28H25N7O5/c1-17-9-10-21(36-2)20(11-17)31-28-32-24(34-29-13-18-5-3-7-22-26(18)39-15-37-22)12-25(33-28)35-30-14-19-6-4-8-23-27(19)40-16-38-23/h3-14H,15-16H2,1-2H3,(H3,31,32,33,34,35). The van der Waals surface area contributed by atoms with Crippen molar-refractivity contribution in [3.05, 3.63) is 77.4 Å². The predicted molar refractivity (Wildman–Crippen MR) is 151 cm³/mol. The number of anilines is 4. The Morgan fingerprint density at radius 3 is 1.95 bits per heavy atom. The van der Waals surface area contributed by atoms with Gasteiger partial charge in [-0.3, -0.25) is 10.9 Å². The molecular formula is C28H25N7O5. The third-order valence-electron chi connectivity index (χ3n) is 5.95. The van der Waals surface area contributed by atoms with Crippen molar-refractivity contribution < 1.29 is 23.7 Å². The molecule has 12 heteroatoms. The number of nitrogens with zero attached hydrogens (tertiary/aromatic N) is 4. The predicted octanol–water partition coefficient (Wildman–Crippen LogP) is 4.89. The molecule has 0 atom stereocenters. The molecule has 202 valence electrons. The van der Waals surface area contributed by atoms with Crippen LogP contribution in [0.3, 0.4) is 0 Å². The first kappa shape index (κ1) is 24.8. The highest BCUT2D eigenvalue weighted by atomic mass is 16.7. The lowest BCUT2D eigenvalue weighted by Crippen LogP contribution is -2.05. The molecule has 2 aliphatic rings. The molecule has 0 aliphatic carbocycles. The Morgan fingerprint density at radius 2 is 1.38 bits per heavy atom. The first-order valence-electron chi connectivity index (χ1n) is 12.3. The molecule has 0 spiro atoms. The minimum absolute atomic E-state index is 0.178. The Balaban J connectivity index is 1.26. The van der Waals surface area contributed by atoms with E-state index < -0.39 is 0 Å². The fourth-order valence-electron chi connectivity index (χ4n) is 4.10. The number of hydrazone groups is 2. The molecule has 2 aliphatic heterocycles. The number of rotatable bonds is 9. The van der Waals surface area contributed by atoms with Crippen LogP contribution in [-0.4, -0.2) is 43.1 Å². The van der Waals surface area contributed by atoms with Gasteiger partial charge in [-0.05, 0) is 48.9 Å². The van der Waals surface area contributed by atoms with Crippen LogP contribution in [0.15, 0.2) is 70.9 Å². The largest absolute Gasteiger partial charge is 0.495 e. The van der Waals surface area contributed by atoms with E-state index >= 15 is 0 Å². The van der Waals surface area contributed by atoms with E-state index in [0.29, 0.717) is 52.0 Å². The van der Waals surface area contributed by atoms with Crippen molar-refractivity contribution in [3.63, 3.8) is 0 Å². The van der Waals surface area contributed by atoms with Crippen LogP contribution in [-0.2, 0) is 0 Å². The lowest BCUT2D eigenvalue weighted by molar-refractivity contribution is 0.173. The highest BCUT2D eigenvalue weighted by Crippen LogP contribution is 2.35. The highest BCUT2D eigenvalue weighted by molar-refractivity contribution is 5.86. The summed E-state index contributed by atoms with van der Waals surface area (Å²) in [5.41, 5.74) is 9.21. The van der Waals surface area contributed by atoms with E-state index in [4.69, 9.17) is 23.7 Å². The molecule has 3 heterocycles. The van der Waals surface area contributed by atoms with Gasteiger partial charge < -0.3 is 29.0 Å². The molecule has 4 aromatic rings. The van der Waals surface area contributed by atoms with Crippen LogP contribution < -0.4 is 39.9 Å². The van der Waals surface area contributed by atoms with E-state index in [1.807, 2.05) is 61.5 Å². The third-order valence-corrected chi connectivity index (χ3v) is 5.95. The second-order valence-corrected chi connectivity index (χ2v) is 8.69. The van der Waals surface area contributed by atoms with Gasteiger partial charge in [-0.1, -0.05) is 18.2 Å². The summed E-state index contributed by atoms with van der Waals surface area (Å²) in [7, 11) is 1.61. The number of methoxy groups -OCH3 is 1. The van der Waals surface area contributed by atoms with Crippen molar-refractivity contribution >= 4 is 35.7 Å². The molecule has 0 bridgehead atoms. The fourth-order valence-corrected chi connectivity index (χ4v) is 4.10. The van der Waals surface area contributed by atoms with Crippen molar-refractivity contribution in [2.45, 2.75) is 6.92 Å². The number of hydrogen-bond acceptors (Lipinski definition) is 12. The van der Waals surface area contributed by atoms with Crippen LogP contribution in [0.1, 0.15) is 16.7 Å². The molecule has 6 rings (SSSR count). The van der Waals surface area contributed by atoms with Crippen molar-refractivity contribution in [2.24, 2.45) is 10.2 Å². The maximum Gasteiger partial charge on any atom is 0.231 e. The number of hydrogen-bond donors (Lipinski definition) is 3. The molecule has 40 heavy (non-hydrogen) atoms. The number of nitrogens with one attached hydrogen (secondary N) is 3. The summed E-state index contributed by atoms with van der Waals surface area (Å²) in [6.45, 7) is 2.35. The van der Waals surface area contributed by atoms with E-state index in [9.17, 15) is 0 Å². The van der Waals surface area contributed by atoms with Gasteiger partial charge in [0, 0.05) is 17.2 Å². The first-order chi connectivity index (χ1) is 19.7. The van der Waals surface area contributed by atoms with Gasteiger partial charge in [0.1, 0.15) is 5.75 Å². The Labute approximate surface area is 229 Å². The van der Waals surface area contributed by atoms with E-state index in [2.05, 4.69) is 36.3 Å². The van der Waals surface area contributed by atoms with Gasteiger partial charge in [0.15, 0.2) is 34.6 Å². The summed E-state index contributed by atoms with van der Waals surface area (Å²) in [6.07, 6.45) is 3.27.